The van der Waals surface area contributed by atoms with Gasteiger partial charge in [-0.05, 0) is 5.56 Å². The average Bonchev–Trinajstić information content (AvgIpc) is 2.77. The van der Waals surface area contributed by atoms with Gasteiger partial charge in [-0.2, -0.15) is 8.42 Å². The minimum atomic E-state index is -4.82. The number of carbonyl (C=O) groups is 3. The van der Waals surface area contributed by atoms with Gasteiger partial charge in [-0.25, -0.2) is 4.31 Å². The van der Waals surface area contributed by atoms with Gasteiger partial charge >= 0.3 is 10.3 Å². The molecular formula is C20H20N2O8S. The van der Waals surface area contributed by atoms with Crippen molar-refractivity contribution in [1.29, 1.82) is 0 Å². The fourth-order valence-electron chi connectivity index (χ4n) is 3.10. The lowest BCUT2D eigenvalue weighted by atomic mass is 9.92. The topological polar surface area (TPSA) is 139 Å². The van der Waals surface area contributed by atoms with Gasteiger partial charge in [0.2, 0.25) is 11.3 Å². The van der Waals surface area contributed by atoms with E-state index in [9.17, 15) is 22.8 Å². The van der Waals surface area contributed by atoms with E-state index in [1.165, 1.54) is 12.1 Å². The van der Waals surface area contributed by atoms with E-state index >= 15 is 0 Å². The molecule has 1 aliphatic rings. The number of ether oxygens (including phenoxy) is 2. The number of benzene rings is 2. The van der Waals surface area contributed by atoms with Crippen LogP contribution >= 0.6 is 0 Å². The molecule has 1 saturated heterocycles. The SMILES string of the molecule is COC1(NC(=O)C(C=O)(OCc2ccccc2)c2ccccc2)CN(S(=O)(=O)O)C1=O. The maximum atomic E-state index is 13.3. The second-order valence-corrected chi connectivity index (χ2v) is 8.11. The Morgan fingerprint density at radius 1 is 1.19 bits per heavy atom. The third kappa shape index (κ3) is 4.21. The molecule has 1 aliphatic heterocycles. The summed E-state index contributed by atoms with van der Waals surface area (Å²) < 4.78 is 42.6. The van der Waals surface area contributed by atoms with Gasteiger partial charge in [0.15, 0.2) is 6.29 Å². The lowest BCUT2D eigenvalue weighted by Gasteiger charge is -2.46. The van der Waals surface area contributed by atoms with Gasteiger partial charge in [-0.1, -0.05) is 60.7 Å². The van der Waals surface area contributed by atoms with Crippen molar-refractivity contribution in [3.8, 4) is 0 Å². The molecule has 2 aromatic carbocycles. The fourth-order valence-corrected chi connectivity index (χ4v) is 3.80. The van der Waals surface area contributed by atoms with Crippen LogP contribution in [0.5, 0.6) is 0 Å². The van der Waals surface area contributed by atoms with Crippen LogP contribution in [0.3, 0.4) is 0 Å². The van der Waals surface area contributed by atoms with Crippen LogP contribution in [0, 0.1) is 0 Å². The molecule has 164 valence electrons. The summed E-state index contributed by atoms with van der Waals surface area (Å²) in [6.07, 6.45) is 0.299. The number of aldehydes is 1. The van der Waals surface area contributed by atoms with Crippen LogP contribution in [0.4, 0.5) is 0 Å². The largest absolute Gasteiger partial charge is 0.362 e. The molecule has 11 heteroatoms. The predicted octanol–water partition coefficient (Wildman–Crippen LogP) is 0.401. The Morgan fingerprint density at radius 3 is 2.26 bits per heavy atom. The molecule has 0 saturated carbocycles. The van der Waals surface area contributed by atoms with Gasteiger partial charge in [0.25, 0.3) is 11.8 Å². The lowest BCUT2D eigenvalue weighted by molar-refractivity contribution is -0.186. The van der Waals surface area contributed by atoms with Crippen molar-refractivity contribution in [1.82, 2.24) is 9.62 Å². The summed E-state index contributed by atoms with van der Waals surface area (Å²) in [7, 11) is -3.74. The smallest absolute Gasteiger partial charge is 0.349 e. The van der Waals surface area contributed by atoms with E-state index in [0.29, 0.717) is 11.8 Å². The molecule has 0 bridgehead atoms. The van der Waals surface area contributed by atoms with Crippen LogP contribution in [0.1, 0.15) is 11.1 Å². The van der Waals surface area contributed by atoms with Crippen LogP contribution in [0.2, 0.25) is 0 Å². The van der Waals surface area contributed by atoms with Crippen LogP contribution in [-0.4, -0.2) is 54.8 Å². The summed E-state index contributed by atoms with van der Waals surface area (Å²) in [5, 5.41) is 2.27. The van der Waals surface area contributed by atoms with Crippen molar-refractivity contribution in [2.24, 2.45) is 0 Å². The number of β-lactam (4-membered cyclic amide) rings is 1. The third-order valence-electron chi connectivity index (χ3n) is 4.90. The normalized spacial score (nSPS) is 20.5. The fraction of sp³-hybridized carbons (Fsp3) is 0.250. The highest BCUT2D eigenvalue weighted by Crippen LogP contribution is 2.31. The second-order valence-electron chi connectivity index (χ2n) is 6.77. The highest BCUT2D eigenvalue weighted by Gasteiger charge is 2.60. The van der Waals surface area contributed by atoms with Gasteiger partial charge in [0.05, 0.1) is 13.2 Å². The Bertz CT molecular complexity index is 1080. The summed E-state index contributed by atoms with van der Waals surface area (Å²) >= 11 is 0. The summed E-state index contributed by atoms with van der Waals surface area (Å²) in [5.41, 5.74) is -3.34. The zero-order valence-corrected chi connectivity index (χ0v) is 17.2. The summed E-state index contributed by atoms with van der Waals surface area (Å²) in [6, 6.07) is 16.7. The Hall–Kier alpha value is -3.12. The standard InChI is InChI=1S/C20H20N2O8S/c1-29-20(13-22(18(20)25)31(26,27)28)21-17(24)19(14-23,16-10-6-3-7-11-16)30-12-15-8-4-2-5-9-15/h2-11,14H,12-13H2,1H3,(H,21,24)(H,26,27,28). The zero-order valence-electron chi connectivity index (χ0n) is 16.4. The molecule has 1 fully saturated rings. The molecule has 0 radical (unpaired) electrons. The van der Waals surface area contributed by atoms with E-state index in [0.717, 1.165) is 7.11 Å². The van der Waals surface area contributed by atoms with Crippen LogP contribution in [-0.2, 0) is 46.4 Å². The Labute approximate surface area is 178 Å². The quantitative estimate of drug-likeness (QED) is 0.185. The first kappa shape index (κ1) is 22.6. The van der Waals surface area contributed by atoms with Crippen molar-refractivity contribution in [3.63, 3.8) is 0 Å². The van der Waals surface area contributed by atoms with Crippen molar-refractivity contribution in [2.45, 2.75) is 17.9 Å². The number of methoxy groups -OCH3 is 1. The van der Waals surface area contributed by atoms with E-state index in [4.69, 9.17) is 14.0 Å². The van der Waals surface area contributed by atoms with E-state index in [1.54, 1.807) is 48.5 Å². The van der Waals surface area contributed by atoms with E-state index in [1.807, 2.05) is 0 Å². The molecule has 2 aromatic rings. The first-order chi connectivity index (χ1) is 14.7. The highest BCUT2D eigenvalue weighted by atomic mass is 32.2. The first-order valence-electron chi connectivity index (χ1n) is 9.05. The van der Waals surface area contributed by atoms with Gasteiger partial charge in [0, 0.05) is 12.7 Å². The summed E-state index contributed by atoms with van der Waals surface area (Å²) in [5.74, 6) is -2.24. The molecule has 0 spiro atoms. The average molecular weight is 448 g/mol. The van der Waals surface area contributed by atoms with E-state index < -0.39 is 40.0 Å². The zero-order chi connectivity index (χ0) is 22.7. The molecule has 2 atom stereocenters. The molecular weight excluding hydrogens is 428 g/mol. The molecule has 10 nitrogen and oxygen atoms in total. The van der Waals surface area contributed by atoms with Crippen LogP contribution < -0.4 is 5.32 Å². The summed E-state index contributed by atoms with van der Waals surface area (Å²) in [6.45, 7) is -0.776. The molecule has 1 heterocycles. The van der Waals surface area contributed by atoms with Crippen molar-refractivity contribution >= 4 is 28.4 Å². The van der Waals surface area contributed by atoms with E-state index in [2.05, 4.69) is 5.32 Å². The molecule has 2 N–H and O–H groups in total. The second kappa shape index (κ2) is 8.55. The minimum Gasteiger partial charge on any atom is -0.349 e. The number of rotatable bonds is 9. The highest BCUT2D eigenvalue weighted by molar-refractivity contribution is 7.84. The molecule has 2 amide bonds. The Morgan fingerprint density at radius 2 is 1.77 bits per heavy atom. The van der Waals surface area contributed by atoms with Gasteiger partial charge < -0.3 is 14.8 Å². The number of hydrogen-bond acceptors (Lipinski definition) is 7. The maximum Gasteiger partial charge on any atom is 0.362 e. The molecule has 0 aromatic heterocycles. The number of carbonyl (C=O) groups excluding carboxylic acids is 3. The van der Waals surface area contributed by atoms with Crippen molar-refractivity contribution in [2.75, 3.05) is 13.7 Å². The van der Waals surface area contributed by atoms with Gasteiger partial charge in [-0.3, -0.25) is 18.9 Å². The van der Waals surface area contributed by atoms with Gasteiger partial charge in [0.1, 0.15) is 0 Å². The lowest BCUT2D eigenvalue weighted by Crippen LogP contribution is -2.77. The van der Waals surface area contributed by atoms with Crippen LogP contribution in [0.15, 0.2) is 60.7 Å². The molecule has 31 heavy (non-hydrogen) atoms. The molecule has 0 aliphatic carbocycles. The predicted molar refractivity (Wildman–Crippen MR) is 107 cm³/mol. The van der Waals surface area contributed by atoms with Crippen LogP contribution in [0.25, 0.3) is 0 Å². The molecule has 2 unspecified atom stereocenters. The summed E-state index contributed by atoms with van der Waals surface area (Å²) in [4.78, 5) is 37.8. The van der Waals surface area contributed by atoms with Crippen molar-refractivity contribution in [3.05, 3.63) is 71.8 Å². The first-order valence-corrected chi connectivity index (χ1v) is 10.5. The maximum absolute atomic E-state index is 13.3. The molecule has 3 rings (SSSR count). The Kier molecular flexibility index (Phi) is 6.23. The number of hydrogen-bond donors (Lipinski definition) is 2. The van der Waals surface area contributed by atoms with Crippen molar-refractivity contribution < 1.29 is 36.8 Å². The Balaban J connectivity index is 1.92. The monoisotopic (exact) mass is 448 g/mol. The number of amides is 2. The number of nitrogens with zero attached hydrogens (tertiary/aromatic N) is 1. The number of nitrogens with one attached hydrogen (secondary N) is 1. The third-order valence-corrected chi connectivity index (χ3v) is 5.75. The van der Waals surface area contributed by atoms with E-state index in [-0.39, 0.29) is 16.5 Å². The minimum absolute atomic E-state index is 0.104. The van der Waals surface area contributed by atoms with Gasteiger partial charge in [-0.15, -0.1) is 0 Å².